The van der Waals surface area contributed by atoms with Gasteiger partial charge in [-0.05, 0) is 37.1 Å². The Hall–Kier alpha value is -3.48. The number of anilines is 1. The lowest BCUT2D eigenvalue weighted by Crippen LogP contribution is -2.38. The smallest absolute Gasteiger partial charge is 0.245 e. The zero-order chi connectivity index (χ0) is 26.5. The van der Waals surface area contributed by atoms with Gasteiger partial charge in [-0.15, -0.1) is 0 Å². The molecule has 0 spiro atoms. The molecule has 2 aromatic carbocycles. The number of carbonyl (C=O) groups excluding carboxylic acids is 2. The molecule has 0 atom stereocenters. The maximum atomic E-state index is 13.5. The minimum absolute atomic E-state index is 0.0154. The molecule has 0 radical (unpaired) electrons. The molecule has 0 aliphatic carbocycles. The Labute approximate surface area is 219 Å². The molecule has 3 aromatic rings. The van der Waals surface area contributed by atoms with Crippen LogP contribution in [0.3, 0.4) is 0 Å². The molecular weight excluding hydrogens is 467 g/mol. The zero-order valence-corrected chi connectivity index (χ0v) is 22.1. The minimum Gasteiger partial charge on any atom is -0.333 e. The average Bonchev–Trinajstić information content (AvgIpc) is 3.32. The van der Waals surface area contributed by atoms with Gasteiger partial charge in [0.2, 0.25) is 11.8 Å². The van der Waals surface area contributed by atoms with Crippen molar-refractivity contribution in [3.05, 3.63) is 66.5 Å². The number of amides is 2. The number of hydrogen-bond donors (Lipinski definition) is 1. The van der Waals surface area contributed by atoms with Gasteiger partial charge in [0.1, 0.15) is 11.6 Å². The Morgan fingerprint density at radius 1 is 0.892 bits per heavy atom. The highest BCUT2D eigenvalue weighted by Gasteiger charge is 2.19. The topological polar surface area (TPSA) is 67.2 Å². The van der Waals surface area contributed by atoms with E-state index < -0.39 is 0 Å². The Balaban J connectivity index is 1.66. The third-order valence-corrected chi connectivity index (χ3v) is 6.29. The summed E-state index contributed by atoms with van der Waals surface area (Å²) in [6, 6.07) is 17.4. The monoisotopic (exact) mass is 506 g/mol. The van der Waals surface area contributed by atoms with Gasteiger partial charge in [0, 0.05) is 24.6 Å². The number of aromatic nitrogens is 2. The molecule has 1 N–H and O–H groups in total. The summed E-state index contributed by atoms with van der Waals surface area (Å²) in [7, 11) is 0. The van der Waals surface area contributed by atoms with Gasteiger partial charge in [-0.1, -0.05) is 82.7 Å². The standard InChI is InChI=1S/C30H39FN4O2/c1-3-5-6-7-8-9-13-16-30(37)34(21-4-2)23-29(36)32-28-22-27(24-14-11-10-12-15-24)33-35(28)26-19-17-25(31)18-20-26/h10-12,14-15,17-20,22H,3-9,13,16,21,23H2,1-2H3,(H,32,36). The summed E-state index contributed by atoms with van der Waals surface area (Å²) in [6.07, 6.45) is 9.26. The molecule has 1 heterocycles. The number of unbranched alkanes of at least 4 members (excludes halogenated alkanes) is 6. The normalized spacial score (nSPS) is 10.9. The maximum absolute atomic E-state index is 13.5. The van der Waals surface area contributed by atoms with Gasteiger partial charge in [-0.25, -0.2) is 9.07 Å². The molecule has 198 valence electrons. The van der Waals surface area contributed by atoms with Crippen molar-refractivity contribution >= 4 is 17.6 Å². The van der Waals surface area contributed by atoms with Gasteiger partial charge in [0.15, 0.2) is 0 Å². The molecule has 0 unspecified atom stereocenters. The molecule has 37 heavy (non-hydrogen) atoms. The predicted octanol–water partition coefficient (Wildman–Crippen LogP) is 7.00. The lowest BCUT2D eigenvalue weighted by molar-refractivity contribution is -0.134. The molecule has 0 fully saturated rings. The zero-order valence-electron chi connectivity index (χ0n) is 22.1. The van der Waals surface area contributed by atoms with Gasteiger partial charge in [-0.2, -0.15) is 5.10 Å². The number of benzene rings is 2. The Bertz CT molecular complexity index is 1110. The summed E-state index contributed by atoms with van der Waals surface area (Å²) in [5, 5.41) is 7.59. The molecule has 3 rings (SSSR count). The van der Waals surface area contributed by atoms with Crippen LogP contribution in [-0.4, -0.2) is 39.6 Å². The number of rotatable bonds is 15. The summed E-state index contributed by atoms with van der Waals surface area (Å²) in [5.41, 5.74) is 2.20. The first-order chi connectivity index (χ1) is 18.0. The second-order valence-corrected chi connectivity index (χ2v) is 9.40. The van der Waals surface area contributed by atoms with E-state index in [9.17, 15) is 14.0 Å². The van der Waals surface area contributed by atoms with Gasteiger partial charge in [0.05, 0.1) is 17.9 Å². The second-order valence-electron chi connectivity index (χ2n) is 9.40. The van der Waals surface area contributed by atoms with Crippen LogP contribution in [0.1, 0.15) is 71.6 Å². The highest BCUT2D eigenvalue weighted by Crippen LogP contribution is 2.25. The van der Waals surface area contributed by atoms with Crippen molar-refractivity contribution in [2.45, 2.75) is 71.6 Å². The van der Waals surface area contributed by atoms with E-state index in [1.54, 1.807) is 27.8 Å². The molecule has 1 aromatic heterocycles. The third-order valence-electron chi connectivity index (χ3n) is 6.29. The number of carbonyl (C=O) groups is 2. The van der Waals surface area contributed by atoms with E-state index in [0.717, 1.165) is 31.2 Å². The van der Waals surface area contributed by atoms with E-state index in [1.807, 2.05) is 37.3 Å². The van der Waals surface area contributed by atoms with E-state index in [1.165, 1.54) is 37.8 Å². The van der Waals surface area contributed by atoms with Crippen molar-refractivity contribution in [1.29, 1.82) is 0 Å². The van der Waals surface area contributed by atoms with E-state index in [0.29, 0.717) is 30.2 Å². The van der Waals surface area contributed by atoms with Crippen LogP contribution in [0.25, 0.3) is 16.9 Å². The first-order valence-corrected chi connectivity index (χ1v) is 13.5. The summed E-state index contributed by atoms with van der Waals surface area (Å²) < 4.78 is 15.1. The molecule has 6 nitrogen and oxygen atoms in total. The Kier molecular flexibility index (Phi) is 11.3. The van der Waals surface area contributed by atoms with Crippen molar-refractivity contribution in [2.24, 2.45) is 0 Å². The Morgan fingerprint density at radius 2 is 1.57 bits per heavy atom. The van der Waals surface area contributed by atoms with Crippen LogP contribution < -0.4 is 5.32 Å². The molecule has 0 saturated heterocycles. The largest absolute Gasteiger partial charge is 0.333 e. The van der Waals surface area contributed by atoms with Gasteiger partial charge in [-0.3, -0.25) is 9.59 Å². The molecule has 7 heteroatoms. The van der Waals surface area contributed by atoms with E-state index in [-0.39, 0.29) is 24.2 Å². The van der Waals surface area contributed by atoms with Crippen molar-refractivity contribution in [3.63, 3.8) is 0 Å². The van der Waals surface area contributed by atoms with Crippen molar-refractivity contribution in [3.8, 4) is 16.9 Å². The molecular formula is C30H39FN4O2. The average molecular weight is 507 g/mol. The molecule has 0 aliphatic heterocycles. The highest BCUT2D eigenvalue weighted by atomic mass is 19.1. The van der Waals surface area contributed by atoms with Crippen LogP contribution >= 0.6 is 0 Å². The number of hydrogen-bond acceptors (Lipinski definition) is 3. The fourth-order valence-corrected chi connectivity index (χ4v) is 4.31. The number of halogens is 1. The Morgan fingerprint density at radius 3 is 2.24 bits per heavy atom. The lowest BCUT2D eigenvalue weighted by atomic mass is 10.1. The SMILES string of the molecule is CCCCCCCCCC(=O)N(CCC)CC(=O)Nc1cc(-c2ccccc2)nn1-c1ccc(F)cc1. The molecule has 2 amide bonds. The van der Waals surface area contributed by atoms with Crippen molar-refractivity contribution in [1.82, 2.24) is 14.7 Å². The van der Waals surface area contributed by atoms with Crippen LogP contribution in [0.4, 0.5) is 10.2 Å². The van der Waals surface area contributed by atoms with Crippen LogP contribution in [-0.2, 0) is 9.59 Å². The van der Waals surface area contributed by atoms with Crippen LogP contribution in [0.15, 0.2) is 60.7 Å². The van der Waals surface area contributed by atoms with Gasteiger partial charge < -0.3 is 10.2 Å². The number of nitrogens with one attached hydrogen (secondary N) is 1. The van der Waals surface area contributed by atoms with Gasteiger partial charge in [0.25, 0.3) is 0 Å². The van der Waals surface area contributed by atoms with Crippen molar-refractivity contribution in [2.75, 3.05) is 18.4 Å². The maximum Gasteiger partial charge on any atom is 0.245 e. The number of nitrogens with zero attached hydrogens (tertiary/aromatic N) is 3. The summed E-state index contributed by atoms with van der Waals surface area (Å²) in [6.45, 7) is 4.73. The fraction of sp³-hybridized carbons (Fsp3) is 0.433. The first-order valence-electron chi connectivity index (χ1n) is 13.5. The quantitative estimate of drug-likeness (QED) is 0.226. The van der Waals surface area contributed by atoms with E-state index in [2.05, 4.69) is 17.3 Å². The minimum atomic E-state index is -0.348. The van der Waals surface area contributed by atoms with Crippen LogP contribution in [0.5, 0.6) is 0 Å². The van der Waals surface area contributed by atoms with Crippen molar-refractivity contribution < 1.29 is 14.0 Å². The molecule has 0 bridgehead atoms. The summed E-state index contributed by atoms with van der Waals surface area (Å²) in [5.74, 6) is -0.155. The summed E-state index contributed by atoms with van der Waals surface area (Å²) >= 11 is 0. The third kappa shape index (κ3) is 8.85. The predicted molar refractivity (Wildman–Crippen MR) is 147 cm³/mol. The van der Waals surface area contributed by atoms with E-state index >= 15 is 0 Å². The van der Waals surface area contributed by atoms with E-state index in [4.69, 9.17) is 0 Å². The summed E-state index contributed by atoms with van der Waals surface area (Å²) in [4.78, 5) is 27.6. The molecule has 0 saturated carbocycles. The second kappa shape index (κ2) is 14.9. The van der Waals surface area contributed by atoms with Crippen LogP contribution in [0.2, 0.25) is 0 Å². The fourth-order valence-electron chi connectivity index (χ4n) is 4.31. The highest BCUT2D eigenvalue weighted by molar-refractivity contribution is 5.94. The first kappa shape index (κ1) is 28.1. The lowest BCUT2D eigenvalue weighted by Gasteiger charge is -2.22. The van der Waals surface area contributed by atoms with Gasteiger partial charge >= 0.3 is 0 Å². The van der Waals surface area contributed by atoms with Crippen LogP contribution in [0, 0.1) is 5.82 Å². The molecule has 0 aliphatic rings.